The molecule has 2 heteroatoms. The Labute approximate surface area is 215 Å². The average Bonchev–Trinajstić information content (AvgIpc) is 2.83. The molecule has 36 heavy (non-hydrogen) atoms. The third kappa shape index (κ3) is 4.53. The molecule has 5 rings (SSSR count). The van der Waals surface area contributed by atoms with E-state index in [1.165, 1.54) is 33.2 Å². The predicted octanol–water partition coefficient (Wildman–Crippen LogP) is 8.99. The first-order valence-corrected chi connectivity index (χ1v) is 13.1. The molecule has 2 heterocycles. The van der Waals surface area contributed by atoms with Crippen molar-refractivity contribution in [3.8, 4) is 11.1 Å². The second-order valence-corrected chi connectivity index (χ2v) is 11.0. The Morgan fingerprint density at radius 3 is 2.44 bits per heavy atom. The third-order valence-corrected chi connectivity index (χ3v) is 7.27. The van der Waals surface area contributed by atoms with E-state index in [4.69, 9.17) is 9.97 Å². The molecule has 0 bridgehead atoms. The van der Waals surface area contributed by atoms with E-state index in [9.17, 15) is 0 Å². The Morgan fingerprint density at radius 1 is 0.972 bits per heavy atom. The molecule has 0 saturated carbocycles. The summed E-state index contributed by atoms with van der Waals surface area (Å²) >= 11 is 0. The molecule has 0 N–H and O–H groups in total. The van der Waals surface area contributed by atoms with Crippen LogP contribution in [0, 0.1) is 19.8 Å². The smallest absolute Gasteiger partial charge is 0.0974 e. The molecule has 0 amide bonds. The van der Waals surface area contributed by atoms with Gasteiger partial charge in [-0.05, 0) is 79.0 Å². The molecule has 0 radical (unpaired) electrons. The van der Waals surface area contributed by atoms with Crippen LogP contribution >= 0.6 is 0 Å². The van der Waals surface area contributed by atoms with E-state index >= 15 is 0 Å². The summed E-state index contributed by atoms with van der Waals surface area (Å²) in [6.07, 6.45) is 11.9. The Balaban J connectivity index is 1.74. The van der Waals surface area contributed by atoms with Gasteiger partial charge in [0.05, 0.1) is 11.0 Å². The Morgan fingerprint density at radius 2 is 1.69 bits per heavy atom. The van der Waals surface area contributed by atoms with Gasteiger partial charge < -0.3 is 0 Å². The number of aromatic nitrogens is 2. The van der Waals surface area contributed by atoms with Crippen LogP contribution in [0.25, 0.3) is 32.9 Å². The van der Waals surface area contributed by atoms with Crippen molar-refractivity contribution in [2.75, 3.05) is 0 Å². The molecule has 2 nitrogen and oxygen atoms in total. The number of hydrogen-bond donors (Lipinski definition) is 0. The SMILES string of the molecule is C=CCC1=CC(C)(c2cc(C)nc3c2ccc2c(-c4cccc(CC(C)C)c4)cc(C)nc23)CC=C1. The number of hydrogen-bond acceptors (Lipinski definition) is 2. The fraction of sp³-hybridized carbons (Fsp3) is 0.294. The van der Waals surface area contributed by atoms with Crippen molar-refractivity contribution in [2.24, 2.45) is 5.92 Å². The molecule has 182 valence electrons. The zero-order chi connectivity index (χ0) is 25.4. The van der Waals surface area contributed by atoms with Gasteiger partial charge in [-0.15, -0.1) is 6.58 Å². The molecule has 2 aromatic carbocycles. The van der Waals surface area contributed by atoms with Crippen LogP contribution < -0.4 is 0 Å². The number of pyridine rings is 2. The monoisotopic (exact) mass is 472 g/mol. The molecule has 1 atom stereocenters. The Hall–Kier alpha value is -3.52. The van der Waals surface area contributed by atoms with Crippen molar-refractivity contribution in [1.82, 2.24) is 9.97 Å². The van der Waals surface area contributed by atoms with Gasteiger partial charge in [-0.3, -0.25) is 9.97 Å². The van der Waals surface area contributed by atoms with Crippen LogP contribution in [0.5, 0.6) is 0 Å². The highest BCUT2D eigenvalue weighted by Crippen LogP contribution is 2.41. The van der Waals surface area contributed by atoms with Crippen molar-refractivity contribution < 1.29 is 0 Å². The molecule has 1 unspecified atom stereocenters. The van der Waals surface area contributed by atoms with Gasteiger partial charge in [0.15, 0.2) is 0 Å². The zero-order valence-electron chi connectivity index (χ0n) is 22.2. The summed E-state index contributed by atoms with van der Waals surface area (Å²) in [6.45, 7) is 15.0. The molecular weight excluding hydrogens is 436 g/mol. The Kier molecular flexibility index (Phi) is 6.38. The van der Waals surface area contributed by atoms with Crippen LogP contribution in [0.4, 0.5) is 0 Å². The predicted molar refractivity (Wildman–Crippen MR) is 155 cm³/mol. The van der Waals surface area contributed by atoms with E-state index in [-0.39, 0.29) is 5.41 Å². The van der Waals surface area contributed by atoms with Gasteiger partial charge in [0, 0.05) is 27.6 Å². The van der Waals surface area contributed by atoms with E-state index in [1.807, 2.05) is 6.08 Å². The Bertz CT molecular complexity index is 1540. The van der Waals surface area contributed by atoms with Crippen molar-refractivity contribution in [1.29, 1.82) is 0 Å². The van der Waals surface area contributed by atoms with Gasteiger partial charge in [-0.1, -0.05) is 81.5 Å². The van der Waals surface area contributed by atoms with Crippen LogP contribution in [0.3, 0.4) is 0 Å². The molecule has 1 aliphatic carbocycles. The summed E-state index contributed by atoms with van der Waals surface area (Å²) in [5.74, 6) is 0.628. The summed E-state index contributed by atoms with van der Waals surface area (Å²) in [5.41, 5.74) is 10.4. The maximum absolute atomic E-state index is 5.06. The van der Waals surface area contributed by atoms with Gasteiger partial charge >= 0.3 is 0 Å². The third-order valence-electron chi connectivity index (χ3n) is 7.27. The van der Waals surface area contributed by atoms with Crippen molar-refractivity contribution >= 4 is 21.8 Å². The van der Waals surface area contributed by atoms with Gasteiger partial charge in [-0.25, -0.2) is 0 Å². The zero-order valence-corrected chi connectivity index (χ0v) is 22.2. The topological polar surface area (TPSA) is 25.8 Å². The number of benzene rings is 2. The van der Waals surface area contributed by atoms with Gasteiger partial charge in [-0.2, -0.15) is 0 Å². The minimum Gasteiger partial charge on any atom is -0.251 e. The summed E-state index contributed by atoms with van der Waals surface area (Å²) in [5, 5.41) is 2.35. The second-order valence-electron chi connectivity index (χ2n) is 11.0. The molecule has 2 aromatic heterocycles. The fourth-order valence-corrected chi connectivity index (χ4v) is 5.73. The van der Waals surface area contributed by atoms with Crippen LogP contribution in [-0.4, -0.2) is 9.97 Å². The normalized spacial score (nSPS) is 17.7. The largest absolute Gasteiger partial charge is 0.251 e. The number of nitrogens with zero attached hydrogens (tertiary/aromatic N) is 2. The van der Waals surface area contributed by atoms with Crippen molar-refractivity contribution in [2.45, 2.75) is 59.3 Å². The van der Waals surface area contributed by atoms with Crippen LogP contribution in [0.15, 0.2) is 85.0 Å². The lowest BCUT2D eigenvalue weighted by Gasteiger charge is -2.31. The maximum atomic E-state index is 5.06. The van der Waals surface area contributed by atoms with Gasteiger partial charge in [0.25, 0.3) is 0 Å². The maximum Gasteiger partial charge on any atom is 0.0974 e. The molecule has 0 aliphatic heterocycles. The first kappa shape index (κ1) is 24.2. The van der Waals surface area contributed by atoms with Crippen LogP contribution in [-0.2, 0) is 11.8 Å². The van der Waals surface area contributed by atoms with E-state index < -0.39 is 0 Å². The highest BCUT2D eigenvalue weighted by Gasteiger charge is 2.28. The second kappa shape index (κ2) is 9.50. The van der Waals surface area contributed by atoms with Crippen LogP contribution in [0.2, 0.25) is 0 Å². The van der Waals surface area contributed by atoms with Crippen LogP contribution in [0.1, 0.15) is 56.1 Å². The fourth-order valence-electron chi connectivity index (χ4n) is 5.73. The lowest BCUT2D eigenvalue weighted by atomic mass is 9.74. The molecule has 1 aliphatic rings. The number of fused-ring (bicyclic) bond motifs is 3. The molecule has 0 saturated heterocycles. The summed E-state index contributed by atoms with van der Waals surface area (Å²) in [4.78, 5) is 10.1. The molecule has 0 fully saturated rings. The lowest BCUT2D eigenvalue weighted by Crippen LogP contribution is -2.21. The standard InChI is InChI=1S/C34H36N2/c1-7-10-25-12-9-16-34(6,21-25)31-19-24(5)36-33-29(31)15-14-28-30(18-23(4)35-32(28)33)27-13-8-11-26(20-27)17-22(2)3/h7-9,11-15,18-22H,1,10,16-17H2,2-6H3. The van der Waals surface area contributed by atoms with E-state index in [0.29, 0.717) is 5.92 Å². The van der Waals surface area contributed by atoms with Gasteiger partial charge in [0.2, 0.25) is 0 Å². The molecule has 4 aromatic rings. The minimum atomic E-state index is -0.0927. The molecule has 0 spiro atoms. The van der Waals surface area contributed by atoms with E-state index in [1.54, 1.807) is 0 Å². The van der Waals surface area contributed by atoms with Crippen molar-refractivity contribution in [3.63, 3.8) is 0 Å². The number of aryl methyl sites for hydroxylation is 2. The number of rotatable bonds is 6. The first-order valence-electron chi connectivity index (χ1n) is 13.1. The lowest BCUT2D eigenvalue weighted by molar-refractivity contribution is 0.597. The summed E-state index contributed by atoms with van der Waals surface area (Å²) < 4.78 is 0. The summed E-state index contributed by atoms with van der Waals surface area (Å²) in [6, 6.07) is 18.0. The first-order chi connectivity index (χ1) is 17.3. The van der Waals surface area contributed by atoms with Crippen molar-refractivity contribution in [3.05, 3.63) is 108 Å². The summed E-state index contributed by atoms with van der Waals surface area (Å²) in [7, 11) is 0. The molecular formula is C34H36N2. The van der Waals surface area contributed by atoms with Gasteiger partial charge in [0.1, 0.15) is 0 Å². The number of allylic oxidation sites excluding steroid dienone is 5. The highest BCUT2D eigenvalue weighted by atomic mass is 14.8. The van der Waals surface area contributed by atoms with E-state index in [0.717, 1.165) is 47.1 Å². The van der Waals surface area contributed by atoms with E-state index in [2.05, 4.69) is 108 Å². The average molecular weight is 473 g/mol. The highest BCUT2D eigenvalue weighted by molar-refractivity contribution is 6.09. The quantitative estimate of drug-likeness (QED) is 0.207. The minimum absolute atomic E-state index is 0.0927.